The number of carbonyl (C=O) groups is 1. The maximum atomic E-state index is 12.6. The highest BCUT2D eigenvalue weighted by atomic mass is 16.5. The number of aromatic nitrogens is 2. The number of pyridine rings is 2. The van der Waals surface area contributed by atoms with Gasteiger partial charge in [0.1, 0.15) is 23.1 Å². The summed E-state index contributed by atoms with van der Waals surface area (Å²) in [4.78, 5) is 30.9. The van der Waals surface area contributed by atoms with Crippen molar-refractivity contribution in [2.45, 2.75) is 39.2 Å². The minimum Gasteiger partial charge on any atom is -0.490 e. The zero-order valence-electron chi connectivity index (χ0n) is 19.0. The van der Waals surface area contributed by atoms with Gasteiger partial charge in [-0.2, -0.15) is 0 Å². The molecule has 0 spiro atoms. The van der Waals surface area contributed by atoms with Gasteiger partial charge in [-0.1, -0.05) is 32.9 Å². The number of amides is 1. The number of aryl methyl sites for hydroxylation is 1. The number of nitrogens with zero attached hydrogens (tertiary/aromatic N) is 3. The molecule has 1 unspecified atom stereocenters. The first-order valence-electron chi connectivity index (χ1n) is 11.1. The zero-order valence-corrected chi connectivity index (χ0v) is 19.0. The molecule has 2 aromatic heterocycles. The standard InChI is InChI=1S/C25H30N4O3/c1-15(2)17-5-7-18(8-6-17)32-22-11-12-29(14-16(22)3)21-13-23(30)28(4)20-10-9-19(25(26)31)27-24(20)21/h5-10,13,15-16,22H,11-12,14H2,1-4H3,(H2,26,31)/t16?,22-/m0/s1. The highest BCUT2D eigenvalue weighted by Crippen LogP contribution is 2.30. The van der Waals surface area contributed by atoms with Crippen molar-refractivity contribution in [1.29, 1.82) is 0 Å². The van der Waals surface area contributed by atoms with Crippen LogP contribution >= 0.6 is 0 Å². The average Bonchev–Trinajstić information content (AvgIpc) is 2.77. The topological polar surface area (TPSA) is 90.5 Å². The molecule has 2 N–H and O–H groups in total. The second-order valence-corrected chi connectivity index (χ2v) is 8.95. The van der Waals surface area contributed by atoms with Crippen LogP contribution in [0.4, 0.5) is 5.69 Å². The summed E-state index contributed by atoms with van der Waals surface area (Å²) >= 11 is 0. The molecule has 1 aliphatic heterocycles. The van der Waals surface area contributed by atoms with Gasteiger partial charge in [0.25, 0.3) is 11.5 Å². The van der Waals surface area contributed by atoms with E-state index < -0.39 is 5.91 Å². The summed E-state index contributed by atoms with van der Waals surface area (Å²) in [7, 11) is 1.70. The minimum absolute atomic E-state index is 0.0862. The van der Waals surface area contributed by atoms with E-state index in [1.165, 1.54) is 10.1 Å². The zero-order chi connectivity index (χ0) is 23.0. The highest BCUT2D eigenvalue weighted by molar-refractivity contribution is 5.96. The Hall–Kier alpha value is -3.35. The highest BCUT2D eigenvalue weighted by Gasteiger charge is 2.29. The van der Waals surface area contributed by atoms with Crippen LogP contribution < -0.4 is 20.9 Å². The lowest BCUT2D eigenvalue weighted by molar-refractivity contribution is 0.0996. The molecule has 7 heteroatoms. The van der Waals surface area contributed by atoms with Crippen LogP contribution in [0.15, 0.2) is 47.3 Å². The Morgan fingerprint density at radius 3 is 2.53 bits per heavy atom. The van der Waals surface area contributed by atoms with Crippen LogP contribution in [0, 0.1) is 5.92 Å². The van der Waals surface area contributed by atoms with E-state index in [0.29, 0.717) is 17.0 Å². The SMILES string of the molecule is CC(C)c1ccc(O[C@H]2CCN(c3cc(=O)n(C)c4ccc(C(N)=O)nc34)CC2C)cc1. The van der Waals surface area contributed by atoms with Crippen LogP contribution in [0.5, 0.6) is 5.75 Å². The van der Waals surface area contributed by atoms with Crippen LogP contribution in [-0.4, -0.2) is 34.7 Å². The quantitative estimate of drug-likeness (QED) is 0.664. The number of anilines is 1. The minimum atomic E-state index is -0.587. The van der Waals surface area contributed by atoms with Gasteiger partial charge in [-0.25, -0.2) is 4.98 Å². The lowest BCUT2D eigenvalue weighted by Crippen LogP contribution is -2.45. The van der Waals surface area contributed by atoms with Crippen molar-refractivity contribution in [3.05, 3.63) is 64.1 Å². The third-order valence-corrected chi connectivity index (χ3v) is 6.32. The van der Waals surface area contributed by atoms with Crippen molar-refractivity contribution in [3.8, 4) is 5.75 Å². The van der Waals surface area contributed by atoms with Gasteiger partial charge in [0.05, 0.1) is 11.2 Å². The average molecular weight is 435 g/mol. The van der Waals surface area contributed by atoms with Gasteiger partial charge in [0.15, 0.2) is 0 Å². The molecule has 1 aromatic carbocycles. The van der Waals surface area contributed by atoms with Crippen LogP contribution in [0.1, 0.15) is 49.2 Å². The summed E-state index contributed by atoms with van der Waals surface area (Å²) in [6.45, 7) is 7.96. The fourth-order valence-corrected chi connectivity index (χ4v) is 4.31. The molecule has 2 atom stereocenters. The Balaban J connectivity index is 1.57. The molecule has 1 fully saturated rings. The second-order valence-electron chi connectivity index (χ2n) is 8.95. The fourth-order valence-electron chi connectivity index (χ4n) is 4.31. The number of carbonyl (C=O) groups excluding carboxylic acids is 1. The van der Waals surface area contributed by atoms with Crippen molar-refractivity contribution in [2.75, 3.05) is 18.0 Å². The molecule has 3 aromatic rings. The van der Waals surface area contributed by atoms with E-state index in [-0.39, 0.29) is 23.3 Å². The van der Waals surface area contributed by atoms with Crippen LogP contribution in [0.3, 0.4) is 0 Å². The number of primary amides is 1. The van der Waals surface area contributed by atoms with E-state index in [1.807, 2.05) is 12.1 Å². The summed E-state index contributed by atoms with van der Waals surface area (Å²) in [6, 6.07) is 13.2. The van der Waals surface area contributed by atoms with Crippen LogP contribution in [-0.2, 0) is 7.05 Å². The van der Waals surface area contributed by atoms with Gasteiger partial charge in [-0.15, -0.1) is 0 Å². The normalized spacial score (nSPS) is 18.8. The Morgan fingerprint density at radius 1 is 1.19 bits per heavy atom. The molecule has 168 valence electrons. The summed E-state index contributed by atoms with van der Waals surface area (Å²) in [5.74, 6) is 1.03. The number of piperidine rings is 1. The number of benzene rings is 1. The molecule has 0 radical (unpaired) electrons. The van der Waals surface area contributed by atoms with Crippen molar-refractivity contribution < 1.29 is 9.53 Å². The number of nitrogens with two attached hydrogens (primary N) is 1. The van der Waals surface area contributed by atoms with E-state index >= 15 is 0 Å². The van der Waals surface area contributed by atoms with E-state index in [1.54, 1.807) is 25.2 Å². The summed E-state index contributed by atoms with van der Waals surface area (Å²) < 4.78 is 7.84. The summed E-state index contributed by atoms with van der Waals surface area (Å²) in [5.41, 5.74) is 8.83. The Labute approximate surface area is 187 Å². The molecular formula is C25H30N4O3. The Kier molecular flexibility index (Phi) is 5.91. The summed E-state index contributed by atoms with van der Waals surface area (Å²) in [5, 5.41) is 0. The molecule has 0 saturated carbocycles. The molecule has 0 bridgehead atoms. The van der Waals surface area contributed by atoms with E-state index in [9.17, 15) is 9.59 Å². The number of hydrogen-bond donors (Lipinski definition) is 1. The third kappa shape index (κ3) is 4.20. The van der Waals surface area contributed by atoms with Gasteiger partial charge in [-0.05, 0) is 35.7 Å². The Morgan fingerprint density at radius 2 is 1.91 bits per heavy atom. The maximum absolute atomic E-state index is 12.6. The molecule has 7 nitrogen and oxygen atoms in total. The molecule has 0 aliphatic carbocycles. The monoisotopic (exact) mass is 434 g/mol. The van der Waals surface area contributed by atoms with Gasteiger partial charge < -0.3 is 19.9 Å². The first kappa shape index (κ1) is 21.9. The fraction of sp³-hybridized carbons (Fsp3) is 0.400. The summed E-state index contributed by atoms with van der Waals surface area (Å²) in [6.07, 6.45) is 0.905. The molecule has 3 heterocycles. The molecule has 1 amide bonds. The maximum Gasteiger partial charge on any atom is 0.267 e. The number of rotatable bonds is 5. The van der Waals surface area contributed by atoms with E-state index in [0.717, 1.165) is 30.9 Å². The first-order chi connectivity index (χ1) is 15.2. The first-order valence-corrected chi connectivity index (χ1v) is 11.1. The van der Waals surface area contributed by atoms with Gasteiger partial charge in [0.2, 0.25) is 0 Å². The molecule has 4 rings (SSSR count). The largest absolute Gasteiger partial charge is 0.490 e. The predicted molar refractivity (Wildman–Crippen MR) is 126 cm³/mol. The van der Waals surface area contributed by atoms with Crippen molar-refractivity contribution in [2.24, 2.45) is 18.7 Å². The predicted octanol–water partition coefficient (Wildman–Crippen LogP) is 3.45. The Bertz CT molecular complexity index is 1200. The molecule has 32 heavy (non-hydrogen) atoms. The smallest absolute Gasteiger partial charge is 0.267 e. The number of hydrogen-bond acceptors (Lipinski definition) is 5. The molecular weight excluding hydrogens is 404 g/mol. The number of ether oxygens (including phenoxy) is 1. The lowest BCUT2D eigenvalue weighted by Gasteiger charge is -2.38. The molecule has 1 aliphatic rings. The van der Waals surface area contributed by atoms with E-state index in [4.69, 9.17) is 10.5 Å². The van der Waals surface area contributed by atoms with Crippen molar-refractivity contribution >= 4 is 22.6 Å². The second kappa shape index (κ2) is 8.65. The van der Waals surface area contributed by atoms with Crippen LogP contribution in [0.25, 0.3) is 11.0 Å². The van der Waals surface area contributed by atoms with Crippen molar-refractivity contribution in [3.63, 3.8) is 0 Å². The van der Waals surface area contributed by atoms with Gasteiger partial charge in [-0.3, -0.25) is 9.59 Å². The number of fused-ring (bicyclic) bond motifs is 1. The van der Waals surface area contributed by atoms with Crippen LogP contribution in [0.2, 0.25) is 0 Å². The van der Waals surface area contributed by atoms with E-state index in [2.05, 4.69) is 42.8 Å². The lowest BCUT2D eigenvalue weighted by atomic mass is 9.95. The third-order valence-electron chi connectivity index (χ3n) is 6.32. The van der Waals surface area contributed by atoms with Gasteiger partial charge >= 0.3 is 0 Å². The van der Waals surface area contributed by atoms with Gasteiger partial charge in [0, 0.05) is 38.5 Å². The van der Waals surface area contributed by atoms with Crippen molar-refractivity contribution in [1.82, 2.24) is 9.55 Å². The molecule has 1 saturated heterocycles.